The summed E-state index contributed by atoms with van der Waals surface area (Å²) in [4.78, 5) is 47.0. The first-order chi connectivity index (χ1) is 18.7. The smallest absolute Gasteiger partial charge is 0.375 e. The van der Waals surface area contributed by atoms with Gasteiger partial charge in [-0.2, -0.15) is 0 Å². The van der Waals surface area contributed by atoms with E-state index in [1.807, 2.05) is 17.0 Å². The summed E-state index contributed by atoms with van der Waals surface area (Å²) >= 11 is 9.32. The second-order valence-electron chi connectivity index (χ2n) is 11.3. The number of allylic oxidation sites excluding steroid dienone is 1. The molecule has 6 heterocycles. The molecule has 5 aliphatic heterocycles. The van der Waals surface area contributed by atoms with Gasteiger partial charge < -0.3 is 14.0 Å². The average Bonchev–Trinajstić information content (AvgIpc) is 3.50. The van der Waals surface area contributed by atoms with Crippen molar-refractivity contribution in [3.63, 3.8) is 0 Å². The predicted molar refractivity (Wildman–Crippen MR) is 159 cm³/mol. The Labute approximate surface area is 245 Å². The van der Waals surface area contributed by atoms with Crippen LogP contribution in [0.3, 0.4) is 0 Å². The third-order valence-electron chi connectivity index (χ3n) is 8.77. The van der Waals surface area contributed by atoms with Crippen LogP contribution in [0.1, 0.15) is 68.9 Å². The number of nitrogens with zero attached hydrogens (tertiary/aromatic N) is 3. The minimum absolute atomic E-state index is 0.0401. The van der Waals surface area contributed by atoms with Gasteiger partial charge in [-0.3, -0.25) is 14.5 Å². The number of carbonyl (C=O) groups is 3. The lowest BCUT2D eigenvalue weighted by Crippen LogP contribution is -2.54. The Balaban J connectivity index is 1.07. The lowest BCUT2D eigenvalue weighted by Gasteiger charge is -2.36. The minimum Gasteiger partial charge on any atom is -0.375 e. The van der Waals surface area contributed by atoms with Gasteiger partial charge in [0.15, 0.2) is 0 Å². The first-order valence-corrected chi connectivity index (χ1v) is 17.7. The maximum Gasteiger partial charge on any atom is 0.413 e. The summed E-state index contributed by atoms with van der Waals surface area (Å²) in [6.45, 7) is 6.92. The number of carbonyl (C=O) groups excluding carboxylic acids is 3. The maximum atomic E-state index is 13.5. The molecule has 2 amide bonds. The van der Waals surface area contributed by atoms with Gasteiger partial charge in [-0.05, 0) is 70.9 Å². The number of rotatable bonds is 8. The van der Waals surface area contributed by atoms with E-state index in [1.165, 1.54) is 17.7 Å². The number of thioether (sulfide) groups is 1. The molecule has 0 radical (unpaired) electrons. The van der Waals surface area contributed by atoms with Crippen molar-refractivity contribution in [2.75, 3.05) is 26.2 Å². The molecule has 8 nitrogen and oxygen atoms in total. The molecular weight excluding hydrogens is 576 g/mol. The molecule has 0 bridgehead atoms. The third kappa shape index (κ3) is 5.51. The molecule has 0 aliphatic carbocycles. The fraction of sp³-hybridized carbons (Fsp3) is 0.667. The van der Waals surface area contributed by atoms with E-state index in [2.05, 4.69) is 29.5 Å². The maximum absolute atomic E-state index is 13.5. The van der Waals surface area contributed by atoms with Crippen molar-refractivity contribution in [1.82, 2.24) is 19.4 Å². The van der Waals surface area contributed by atoms with Crippen LogP contribution in [0.5, 0.6) is 0 Å². The average molecular weight is 613 g/mol. The van der Waals surface area contributed by atoms with Crippen LogP contribution in [-0.4, -0.2) is 82.2 Å². The lowest BCUT2D eigenvalue weighted by atomic mass is 10.1. The molecule has 12 heteroatoms. The number of thiophene rings is 1. The van der Waals surface area contributed by atoms with Crippen molar-refractivity contribution in [3.05, 3.63) is 31.7 Å². The number of halogens is 1. The van der Waals surface area contributed by atoms with E-state index < -0.39 is 16.5 Å². The zero-order valence-electron chi connectivity index (χ0n) is 22.5. The first-order valence-electron chi connectivity index (χ1n) is 14.1. The molecule has 6 rings (SSSR count). The monoisotopic (exact) mass is 612 g/mol. The van der Waals surface area contributed by atoms with Crippen molar-refractivity contribution >= 4 is 62.3 Å². The molecule has 1 aromatic heterocycles. The molecule has 0 spiro atoms. The van der Waals surface area contributed by atoms with Crippen molar-refractivity contribution in [2.45, 2.75) is 88.2 Å². The number of hydrogen-bond donors (Lipinski definition) is 1. The molecule has 0 aromatic carbocycles. The Bertz CT molecular complexity index is 1170. The molecule has 4 unspecified atom stereocenters. The zero-order chi connectivity index (χ0) is 27.3. The van der Waals surface area contributed by atoms with Crippen LogP contribution in [0.15, 0.2) is 22.4 Å². The van der Waals surface area contributed by atoms with Gasteiger partial charge in [0.25, 0.3) is 0 Å². The highest BCUT2D eigenvalue weighted by Crippen LogP contribution is 2.75. The van der Waals surface area contributed by atoms with Crippen LogP contribution >= 0.6 is 45.2 Å². The Morgan fingerprint density at radius 3 is 2.56 bits per heavy atom. The van der Waals surface area contributed by atoms with Crippen molar-refractivity contribution < 1.29 is 18.6 Å². The second kappa shape index (κ2) is 11.2. The van der Waals surface area contributed by atoms with E-state index in [0.29, 0.717) is 25.0 Å². The summed E-state index contributed by atoms with van der Waals surface area (Å²) in [5.74, 6) is -0.0641. The number of likely N-dealkylation sites (tertiary alicyclic amines) is 3. The largest absolute Gasteiger partial charge is 0.413 e. The van der Waals surface area contributed by atoms with Gasteiger partial charge in [-0.25, -0.2) is 9.52 Å². The van der Waals surface area contributed by atoms with Crippen LogP contribution in [0, 0.1) is 0 Å². The van der Waals surface area contributed by atoms with Crippen LogP contribution in [-0.2, 0) is 13.8 Å². The van der Waals surface area contributed by atoms with Gasteiger partial charge in [0, 0.05) is 47.9 Å². The summed E-state index contributed by atoms with van der Waals surface area (Å²) in [6.07, 6.45) is 8.76. The van der Waals surface area contributed by atoms with Crippen molar-refractivity contribution in [3.8, 4) is 0 Å². The van der Waals surface area contributed by atoms with E-state index in [1.54, 1.807) is 28.0 Å². The molecule has 1 N–H and O–H groups in total. The molecule has 1 aromatic rings. The van der Waals surface area contributed by atoms with E-state index in [0.717, 1.165) is 47.3 Å². The highest BCUT2D eigenvalue weighted by Gasteiger charge is 2.60. The molecule has 5 aliphatic rings. The Morgan fingerprint density at radius 2 is 1.87 bits per heavy atom. The standard InChI is InChI=1S/C27H37ClN4O4S3/c1-17-7-8-18(2)32(17)15-19-5-3-14-31(19)24(33)16-30-13-4-6-20(26(30)34)29-39(27(35)36-39)25-12-10-22(38-25)21-9-11-23(28)37-21/h9,11-12,17-20,22,29H,3-8,10,13-16H2,1-2H3/t17?,18?,19-,20-,22?/m0/s1. The molecule has 4 saturated heterocycles. The van der Waals surface area contributed by atoms with Gasteiger partial charge in [-0.15, -0.1) is 23.1 Å². The van der Waals surface area contributed by atoms with E-state index in [-0.39, 0.29) is 35.0 Å². The summed E-state index contributed by atoms with van der Waals surface area (Å²) in [5, 5.41) is -0.0609. The van der Waals surface area contributed by atoms with Crippen molar-refractivity contribution in [1.29, 1.82) is 0 Å². The fourth-order valence-electron chi connectivity index (χ4n) is 6.51. The summed E-state index contributed by atoms with van der Waals surface area (Å²) in [6, 6.07) is 4.74. The molecule has 0 saturated carbocycles. The molecule has 4 fully saturated rings. The number of amides is 2. The Morgan fingerprint density at radius 1 is 1.13 bits per heavy atom. The highest BCUT2D eigenvalue weighted by atomic mass is 35.5. The molecule has 214 valence electrons. The normalized spacial score (nSPS) is 36.7. The van der Waals surface area contributed by atoms with Gasteiger partial charge in [0.1, 0.15) is 10.5 Å². The topological polar surface area (TPSA) is 85.5 Å². The van der Waals surface area contributed by atoms with Gasteiger partial charge in [-0.1, -0.05) is 17.7 Å². The van der Waals surface area contributed by atoms with E-state index >= 15 is 0 Å². The van der Waals surface area contributed by atoms with Crippen molar-refractivity contribution in [2.24, 2.45) is 0 Å². The number of hydrogen-bond acceptors (Lipinski definition) is 8. The van der Waals surface area contributed by atoms with Gasteiger partial charge in [0.05, 0.1) is 21.2 Å². The summed E-state index contributed by atoms with van der Waals surface area (Å²) in [7, 11) is -2.30. The van der Waals surface area contributed by atoms with Crippen LogP contribution in [0.4, 0.5) is 4.79 Å². The quantitative estimate of drug-likeness (QED) is 0.380. The predicted octanol–water partition coefficient (Wildman–Crippen LogP) is 5.65. The molecule has 39 heavy (non-hydrogen) atoms. The van der Waals surface area contributed by atoms with Crippen LogP contribution in [0.25, 0.3) is 0 Å². The summed E-state index contributed by atoms with van der Waals surface area (Å²) in [5.41, 5.74) is 0. The first kappa shape index (κ1) is 27.9. The lowest BCUT2D eigenvalue weighted by molar-refractivity contribution is -0.143. The van der Waals surface area contributed by atoms with Gasteiger partial charge >= 0.3 is 5.30 Å². The Hall–Kier alpha value is -1.24. The van der Waals surface area contributed by atoms with Crippen LogP contribution < -0.4 is 4.72 Å². The Kier molecular flexibility index (Phi) is 8.02. The van der Waals surface area contributed by atoms with E-state index in [4.69, 9.17) is 15.8 Å². The van der Waals surface area contributed by atoms with E-state index in [9.17, 15) is 14.4 Å². The fourth-order valence-corrected chi connectivity index (χ4v) is 11.9. The number of nitrogens with one attached hydrogen (secondary N) is 1. The highest BCUT2D eigenvalue weighted by molar-refractivity contribution is 8.55. The number of piperidine rings is 1. The molecular formula is C27H37ClN4O4S3. The summed E-state index contributed by atoms with van der Waals surface area (Å²) < 4.78 is 10.6. The van der Waals surface area contributed by atoms with Gasteiger partial charge in [0.2, 0.25) is 11.8 Å². The SMILES string of the molecule is CC1CCC(C)N1C[C@@H]1CCCN1C(=O)CN1CCC[C@H](NS2(C3=CCC(c4ccc(Cl)s4)S3)OC2=O)C1=O. The minimum atomic E-state index is -2.30. The van der Waals surface area contributed by atoms with Crippen LogP contribution in [0.2, 0.25) is 4.34 Å². The second-order valence-corrected chi connectivity index (χ2v) is 16.9. The molecule has 6 atom stereocenters. The zero-order valence-corrected chi connectivity index (χ0v) is 25.7. The third-order valence-corrected chi connectivity index (χ3v) is 14.5.